The standard InChI is InChI=1S/C9H12O3/c1-2-9(11)12-8-5-3-7(10)4-6-8/h2,8H,1,3-6H2. The minimum Gasteiger partial charge on any atom is -0.459 e. The molecule has 66 valence electrons. The Labute approximate surface area is 71.4 Å². The maximum absolute atomic E-state index is 10.8. The highest BCUT2D eigenvalue weighted by molar-refractivity contribution is 5.82. The van der Waals surface area contributed by atoms with Gasteiger partial charge in [0.2, 0.25) is 0 Å². The van der Waals surface area contributed by atoms with E-state index in [9.17, 15) is 9.59 Å². The molecule has 0 aromatic heterocycles. The smallest absolute Gasteiger partial charge is 0.330 e. The lowest BCUT2D eigenvalue weighted by molar-refractivity contribution is -0.146. The van der Waals surface area contributed by atoms with E-state index in [-0.39, 0.29) is 11.9 Å². The van der Waals surface area contributed by atoms with Crippen LogP contribution in [0.1, 0.15) is 25.7 Å². The summed E-state index contributed by atoms with van der Waals surface area (Å²) in [7, 11) is 0. The zero-order valence-corrected chi connectivity index (χ0v) is 6.91. The van der Waals surface area contributed by atoms with Crippen LogP contribution in [0.25, 0.3) is 0 Å². The summed E-state index contributed by atoms with van der Waals surface area (Å²) in [6.45, 7) is 3.30. The molecule has 0 unspecified atom stereocenters. The van der Waals surface area contributed by atoms with Gasteiger partial charge >= 0.3 is 5.97 Å². The maximum atomic E-state index is 10.8. The van der Waals surface area contributed by atoms with Gasteiger partial charge in [-0.3, -0.25) is 4.79 Å². The van der Waals surface area contributed by atoms with Crippen molar-refractivity contribution in [3.8, 4) is 0 Å². The number of carbonyl (C=O) groups is 2. The van der Waals surface area contributed by atoms with Crippen LogP contribution in [-0.2, 0) is 14.3 Å². The van der Waals surface area contributed by atoms with E-state index in [1.165, 1.54) is 0 Å². The van der Waals surface area contributed by atoms with Crippen molar-refractivity contribution in [2.75, 3.05) is 0 Å². The van der Waals surface area contributed by atoms with Crippen LogP contribution in [-0.4, -0.2) is 17.9 Å². The van der Waals surface area contributed by atoms with Crippen LogP contribution < -0.4 is 0 Å². The summed E-state index contributed by atoms with van der Waals surface area (Å²) >= 11 is 0. The molecule has 3 heteroatoms. The maximum Gasteiger partial charge on any atom is 0.330 e. The lowest BCUT2D eigenvalue weighted by Gasteiger charge is -2.20. The fourth-order valence-corrected chi connectivity index (χ4v) is 1.24. The number of rotatable bonds is 2. The van der Waals surface area contributed by atoms with Gasteiger partial charge in [-0.1, -0.05) is 6.58 Å². The quantitative estimate of drug-likeness (QED) is 0.460. The molecule has 0 bridgehead atoms. The number of Topliss-reactive ketones (excluding diaryl/α,β-unsaturated/α-hetero) is 1. The van der Waals surface area contributed by atoms with E-state index in [0.29, 0.717) is 25.7 Å². The molecule has 0 saturated heterocycles. The molecular weight excluding hydrogens is 156 g/mol. The van der Waals surface area contributed by atoms with Crippen LogP contribution in [0.15, 0.2) is 12.7 Å². The third-order valence-electron chi connectivity index (χ3n) is 1.94. The predicted octanol–water partition coefficient (Wildman–Crippen LogP) is 1.23. The van der Waals surface area contributed by atoms with Crippen molar-refractivity contribution in [2.45, 2.75) is 31.8 Å². The van der Waals surface area contributed by atoms with E-state index in [4.69, 9.17) is 4.74 Å². The molecule has 12 heavy (non-hydrogen) atoms. The van der Waals surface area contributed by atoms with Crippen molar-refractivity contribution in [2.24, 2.45) is 0 Å². The second-order valence-electron chi connectivity index (χ2n) is 2.88. The van der Waals surface area contributed by atoms with E-state index in [1.807, 2.05) is 0 Å². The first kappa shape index (κ1) is 8.97. The fourth-order valence-electron chi connectivity index (χ4n) is 1.24. The molecule has 1 aliphatic carbocycles. The van der Waals surface area contributed by atoms with Gasteiger partial charge in [-0.15, -0.1) is 0 Å². The topological polar surface area (TPSA) is 43.4 Å². The molecule has 0 N–H and O–H groups in total. The molecule has 1 aliphatic rings. The van der Waals surface area contributed by atoms with Gasteiger partial charge < -0.3 is 4.74 Å². The molecule has 0 aliphatic heterocycles. The van der Waals surface area contributed by atoms with Crippen LogP contribution in [0, 0.1) is 0 Å². The van der Waals surface area contributed by atoms with Gasteiger partial charge in [-0.25, -0.2) is 4.79 Å². The molecule has 0 atom stereocenters. The molecule has 0 spiro atoms. The van der Waals surface area contributed by atoms with Crippen molar-refractivity contribution < 1.29 is 14.3 Å². The Hall–Kier alpha value is -1.12. The monoisotopic (exact) mass is 168 g/mol. The minimum absolute atomic E-state index is 0.0757. The Morgan fingerprint density at radius 1 is 1.50 bits per heavy atom. The van der Waals surface area contributed by atoms with E-state index in [0.717, 1.165) is 6.08 Å². The van der Waals surface area contributed by atoms with Crippen molar-refractivity contribution in [1.82, 2.24) is 0 Å². The highest BCUT2D eigenvalue weighted by Gasteiger charge is 2.20. The molecule has 3 nitrogen and oxygen atoms in total. The van der Waals surface area contributed by atoms with E-state index in [1.54, 1.807) is 0 Å². The first-order valence-corrected chi connectivity index (χ1v) is 4.07. The molecule has 0 amide bonds. The number of esters is 1. The molecule has 0 radical (unpaired) electrons. The molecule has 1 fully saturated rings. The first-order valence-electron chi connectivity index (χ1n) is 4.07. The number of hydrogen-bond acceptors (Lipinski definition) is 3. The number of hydrogen-bond donors (Lipinski definition) is 0. The Morgan fingerprint density at radius 2 is 2.08 bits per heavy atom. The van der Waals surface area contributed by atoms with Gasteiger partial charge in [0.25, 0.3) is 0 Å². The highest BCUT2D eigenvalue weighted by Crippen LogP contribution is 2.17. The van der Waals surface area contributed by atoms with Crippen molar-refractivity contribution in [3.05, 3.63) is 12.7 Å². The lowest BCUT2D eigenvalue weighted by atomic mass is 9.96. The van der Waals surface area contributed by atoms with Crippen molar-refractivity contribution in [3.63, 3.8) is 0 Å². The summed E-state index contributed by atoms with van der Waals surface area (Å²) in [4.78, 5) is 21.5. The average molecular weight is 168 g/mol. The number of ether oxygens (including phenoxy) is 1. The molecule has 0 heterocycles. The lowest BCUT2D eigenvalue weighted by Crippen LogP contribution is -2.23. The van der Waals surface area contributed by atoms with Crippen LogP contribution in [0.5, 0.6) is 0 Å². The second-order valence-corrected chi connectivity index (χ2v) is 2.88. The Balaban J connectivity index is 2.30. The minimum atomic E-state index is -0.394. The molecule has 1 rings (SSSR count). The molecule has 0 aromatic carbocycles. The fraction of sp³-hybridized carbons (Fsp3) is 0.556. The summed E-state index contributed by atoms with van der Waals surface area (Å²) in [5, 5.41) is 0. The predicted molar refractivity (Wildman–Crippen MR) is 43.6 cm³/mol. The van der Waals surface area contributed by atoms with Crippen LogP contribution in [0.2, 0.25) is 0 Å². The van der Waals surface area contributed by atoms with E-state index < -0.39 is 5.97 Å². The van der Waals surface area contributed by atoms with Crippen LogP contribution >= 0.6 is 0 Å². The van der Waals surface area contributed by atoms with Gasteiger partial charge in [0.05, 0.1) is 0 Å². The van der Waals surface area contributed by atoms with Crippen molar-refractivity contribution >= 4 is 11.8 Å². The van der Waals surface area contributed by atoms with Crippen molar-refractivity contribution in [1.29, 1.82) is 0 Å². The third kappa shape index (κ3) is 2.49. The summed E-state index contributed by atoms with van der Waals surface area (Å²) in [5.41, 5.74) is 0. The van der Waals surface area contributed by atoms with E-state index in [2.05, 4.69) is 6.58 Å². The van der Waals surface area contributed by atoms with Gasteiger partial charge in [-0.05, 0) is 12.8 Å². The molecule has 0 aromatic rings. The Kier molecular flexibility index (Phi) is 3.02. The normalized spacial score (nSPS) is 18.8. The highest BCUT2D eigenvalue weighted by atomic mass is 16.5. The SMILES string of the molecule is C=CC(=O)OC1CCC(=O)CC1. The van der Waals surface area contributed by atoms with Gasteiger partial charge in [-0.2, -0.15) is 0 Å². The summed E-state index contributed by atoms with van der Waals surface area (Å²) in [5.74, 6) is -0.129. The van der Waals surface area contributed by atoms with Gasteiger partial charge in [0.1, 0.15) is 11.9 Å². The van der Waals surface area contributed by atoms with E-state index >= 15 is 0 Å². The molecule has 1 saturated carbocycles. The zero-order valence-electron chi connectivity index (χ0n) is 6.91. The summed E-state index contributed by atoms with van der Waals surface area (Å²) in [6, 6.07) is 0. The second kappa shape index (κ2) is 4.04. The first-order chi connectivity index (χ1) is 5.72. The number of ketones is 1. The van der Waals surface area contributed by atoms with Crippen LogP contribution in [0.3, 0.4) is 0 Å². The third-order valence-corrected chi connectivity index (χ3v) is 1.94. The largest absolute Gasteiger partial charge is 0.459 e. The van der Waals surface area contributed by atoms with Gasteiger partial charge in [0.15, 0.2) is 0 Å². The molecular formula is C9H12O3. The summed E-state index contributed by atoms with van der Waals surface area (Å²) in [6.07, 6.45) is 3.48. The number of carbonyl (C=O) groups excluding carboxylic acids is 2. The van der Waals surface area contributed by atoms with Gasteiger partial charge in [0, 0.05) is 18.9 Å². The zero-order chi connectivity index (χ0) is 8.97. The Bertz CT molecular complexity index is 198. The Morgan fingerprint density at radius 3 is 2.58 bits per heavy atom. The average Bonchev–Trinajstić information content (AvgIpc) is 2.09. The van der Waals surface area contributed by atoms with Crippen LogP contribution in [0.4, 0.5) is 0 Å². The summed E-state index contributed by atoms with van der Waals surface area (Å²) < 4.78 is 4.98.